The summed E-state index contributed by atoms with van der Waals surface area (Å²) in [6.45, 7) is 0. The molecule has 0 aliphatic heterocycles. The van der Waals surface area contributed by atoms with Gasteiger partial charge in [0.1, 0.15) is 0 Å². The standard InChI is InChI=1S/C9H11N3O2S.C5H5N.H2O.Pd/c1-14-7-4-2-3-6(8(7)13)5-11-12-9(10)15;1-2-4-6-5-3-1;;/h2-5,13H,1H3,(H3,10,12,15);1-5H;1H2;/q;;;+2. The summed E-state index contributed by atoms with van der Waals surface area (Å²) in [4.78, 5) is 3.78. The number of ether oxygens (including phenoxy) is 1. The van der Waals surface area contributed by atoms with Gasteiger partial charge in [-0.05, 0) is 36.5 Å². The van der Waals surface area contributed by atoms with Crippen molar-refractivity contribution in [1.82, 2.24) is 10.4 Å². The minimum Gasteiger partial charge on any atom is -0.870 e. The van der Waals surface area contributed by atoms with E-state index in [9.17, 15) is 0 Å². The van der Waals surface area contributed by atoms with Crippen LogP contribution in [0.25, 0.3) is 0 Å². The maximum atomic E-state index is 7.72. The van der Waals surface area contributed by atoms with Gasteiger partial charge in [0.05, 0.1) is 18.9 Å². The first-order chi connectivity index (χ1) is 10.1. The fourth-order valence-electron chi connectivity index (χ4n) is 1.30. The van der Waals surface area contributed by atoms with Crippen LogP contribution in [0.1, 0.15) is 5.56 Å². The maximum absolute atomic E-state index is 7.72. The van der Waals surface area contributed by atoms with Crippen molar-refractivity contribution < 1.29 is 35.7 Å². The normalized spacial score (nSPS) is 8.74. The van der Waals surface area contributed by atoms with Crippen LogP contribution in [-0.2, 0) is 20.4 Å². The largest absolute Gasteiger partial charge is 2.00 e. The van der Waals surface area contributed by atoms with Gasteiger partial charge in [0, 0.05) is 12.4 Å². The molecule has 0 saturated carbocycles. The van der Waals surface area contributed by atoms with Gasteiger partial charge in [-0.25, -0.2) is 0 Å². The van der Waals surface area contributed by atoms with E-state index in [2.05, 4.69) is 27.7 Å². The fraction of sp³-hybridized carbons (Fsp3) is 0.0714. The van der Waals surface area contributed by atoms with Crippen LogP contribution in [0.5, 0.6) is 11.5 Å². The molecule has 7 nitrogen and oxygen atoms in total. The molecule has 9 heteroatoms. The van der Waals surface area contributed by atoms with Crippen molar-refractivity contribution in [1.29, 1.82) is 0 Å². The summed E-state index contributed by atoms with van der Waals surface area (Å²) in [5, 5.41) is 11.6. The van der Waals surface area contributed by atoms with Gasteiger partial charge in [-0.2, -0.15) is 5.10 Å². The Balaban J connectivity index is 0. The van der Waals surface area contributed by atoms with Crippen molar-refractivity contribution in [2.75, 3.05) is 7.11 Å². The van der Waals surface area contributed by atoms with Crippen LogP contribution >= 0.6 is 12.2 Å². The predicted octanol–water partition coefficient (Wildman–Crippen LogP) is 1.20. The van der Waals surface area contributed by atoms with E-state index in [1.807, 2.05) is 18.2 Å². The molecule has 23 heavy (non-hydrogen) atoms. The quantitative estimate of drug-likeness (QED) is 0.249. The number of aromatic nitrogens is 1. The zero-order valence-corrected chi connectivity index (χ0v) is 14.6. The number of para-hydroxylation sites is 1. The van der Waals surface area contributed by atoms with Gasteiger partial charge in [0.15, 0.2) is 5.11 Å². The SMILES string of the molecule is COc1cccc(C=NNC(N)=S)c1[OH2+].[OH-].[Pd+2].c1ccncc1. The third kappa shape index (κ3) is 9.55. The van der Waals surface area contributed by atoms with Gasteiger partial charge < -0.3 is 21.1 Å². The Morgan fingerprint density at radius 2 is 1.96 bits per heavy atom. The van der Waals surface area contributed by atoms with E-state index in [1.165, 1.54) is 13.3 Å². The molecule has 0 saturated heterocycles. The minimum atomic E-state index is 0. The molecule has 2 aromatic rings. The van der Waals surface area contributed by atoms with Crippen LogP contribution in [0.15, 0.2) is 53.9 Å². The molecule has 0 atom stereocenters. The number of pyridine rings is 1. The Labute approximate surface area is 153 Å². The molecule has 126 valence electrons. The van der Waals surface area contributed by atoms with E-state index in [4.69, 9.17) is 15.6 Å². The number of nitrogens with two attached hydrogens (primary N) is 1. The number of methoxy groups -OCH3 is 1. The molecule has 0 amide bonds. The Hall–Kier alpha value is -2.05. The van der Waals surface area contributed by atoms with Crippen LogP contribution in [0.2, 0.25) is 0 Å². The zero-order chi connectivity index (χ0) is 15.5. The van der Waals surface area contributed by atoms with Crippen molar-refractivity contribution in [3.05, 3.63) is 54.4 Å². The second kappa shape index (κ2) is 13.6. The Morgan fingerprint density at radius 1 is 1.30 bits per heavy atom. The summed E-state index contributed by atoms with van der Waals surface area (Å²) in [6.07, 6.45) is 4.96. The predicted molar refractivity (Wildman–Crippen MR) is 89.7 cm³/mol. The fourth-order valence-corrected chi connectivity index (χ4v) is 1.36. The summed E-state index contributed by atoms with van der Waals surface area (Å²) >= 11 is 4.57. The minimum absolute atomic E-state index is 0. The summed E-state index contributed by atoms with van der Waals surface area (Å²) in [5.41, 5.74) is 8.22. The molecule has 1 aromatic carbocycles. The van der Waals surface area contributed by atoms with E-state index in [-0.39, 0.29) is 36.8 Å². The summed E-state index contributed by atoms with van der Waals surface area (Å²) < 4.78 is 4.99. The molecular formula is C14H18N4O3PdS+2. The molecule has 0 unspecified atom stereocenters. The Bertz CT molecular complexity index is 573. The molecule has 6 N–H and O–H groups in total. The van der Waals surface area contributed by atoms with E-state index in [0.717, 1.165) is 0 Å². The maximum Gasteiger partial charge on any atom is 2.00 e. The molecule has 1 heterocycles. The average Bonchev–Trinajstić information content (AvgIpc) is 2.51. The van der Waals surface area contributed by atoms with E-state index < -0.39 is 0 Å². The van der Waals surface area contributed by atoms with Gasteiger partial charge >= 0.3 is 26.2 Å². The second-order valence-electron chi connectivity index (χ2n) is 3.68. The molecular weight excluding hydrogens is 411 g/mol. The number of hydrogen-bond donors (Lipinski definition) is 2. The van der Waals surface area contributed by atoms with Crippen LogP contribution in [0, 0.1) is 0 Å². The average molecular weight is 429 g/mol. The number of rotatable bonds is 3. The third-order valence-corrected chi connectivity index (χ3v) is 2.31. The molecule has 0 bridgehead atoms. The van der Waals surface area contributed by atoms with Crippen molar-refractivity contribution in [3.8, 4) is 11.5 Å². The number of thiocarbonyl (C=S) groups is 1. The number of hydrogen-bond acceptors (Lipinski definition) is 5. The molecule has 0 spiro atoms. The third-order valence-electron chi connectivity index (χ3n) is 2.22. The van der Waals surface area contributed by atoms with Crippen molar-refractivity contribution in [3.63, 3.8) is 0 Å². The summed E-state index contributed by atoms with van der Waals surface area (Å²) in [7, 11) is 1.52. The van der Waals surface area contributed by atoms with E-state index in [0.29, 0.717) is 11.3 Å². The number of benzene rings is 1. The molecule has 0 aliphatic carbocycles. The molecule has 2 rings (SSSR count). The smallest absolute Gasteiger partial charge is 0.870 e. The van der Waals surface area contributed by atoms with Crippen LogP contribution in [0.4, 0.5) is 0 Å². The van der Waals surface area contributed by atoms with Crippen molar-refractivity contribution >= 4 is 23.5 Å². The van der Waals surface area contributed by atoms with Gasteiger partial charge in [0.25, 0.3) is 0 Å². The van der Waals surface area contributed by atoms with Gasteiger partial charge in [-0.3, -0.25) is 10.4 Å². The Kier molecular flexibility index (Phi) is 13.7. The second-order valence-corrected chi connectivity index (χ2v) is 4.12. The first-order valence-electron chi connectivity index (χ1n) is 5.97. The van der Waals surface area contributed by atoms with E-state index in [1.54, 1.807) is 30.6 Å². The topological polar surface area (TPSA) is 125 Å². The zero-order valence-electron chi connectivity index (χ0n) is 12.2. The first kappa shape index (κ1) is 23.2. The van der Waals surface area contributed by atoms with Gasteiger partial charge in [-0.15, -0.1) is 0 Å². The van der Waals surface area contributed by atoms with E-state index >= 15 is 0 Å². The number of hydrazone groups is 1. The van der Waals surface area contributed by atoms with Crippen LogP contribution in [0.3, 0.4) is 0 Å². The van der Waals surface area contributed by atoms with Gasteiger partial charge in [-0.1, -0.05) is 12.1 Å². The monoisotopic (exact) mass is 428 g/mol. The van der Waals surface area contributed by atoms with Crippen LogP contribution < -0.4 is 15.9 Å². The molecule has 1 aromatic heterocycles. The number of nitrogens with zero attached hydrogens (tertiary/aromatic N) is 2. The van der Waals surface area contributed by atoms with Crippen molar-refractivity contribution in [2.24, 2.45) is 10.8 Å². The number of nitrogens with one attached hydrogen (secondary N) is 1. The molecule has 0 radical (unpaired) electrons. The van der Waals surface area contributed by atoms with Crippen LogP contribution in [-0.4, -0.2) is 34.0 Å². The summed E-state index contributed by atoms with van der Waals surface area (Å²) in [6, 6.07) is 10.9. The molecule has 0 fully saturated rings. The van der Waals surface area contributed by atoms with Gasteiger partial charge in [0.2, 0.25) is 5.75 Å². The van der Waals surface area contributed by atoms with Crippen molar-refractivity contribution in [2.45, 2.75) is 0 Å². The first-order valence-corrected chi connectivity index (χ1v) is 6.38. The summed E-state index contributed by atoms with van der Waals surface area (Å²) in [5.74, 6) is 0.766. The Morgan fingerprint density at radius 3 is 2.39 bits per heavy atom. The molecule has 0 aliphatic rings.